The lowest BCUT2D eigenvalue weighted by Crippen LogP contribution is -2.31. The maximum atomic E-state index is 5.81. The summed E-state index contributed by atoms with van der Waals surface area (Å²) in [5, 5.41) is 0. The molecule has 0 unspecified atom stereocenters. The summed E-state index contributed by atoms with van der Waals surface area (Å²) < 4.78 is 5.81. The predicted molar refractivity (Wildman–Crippen MR) is 101 cm³/mol. The first-order valence-corrected chi connectivity index (χ1v) is 8.41. The Bertz CT molecular complexity index is 610. The average molecular weight is 324 g/mol. The molecule has 0 amide bonds. The number of benzene rings is 2. The number of hydrogen-bond acceptors (Lipinski definition) is 3. The molecule has 0 aromatic heterocycles. The third kappa shape index (κ3) is 6.19. The molecule has 0 saturated heterocycles. The number of rotatable bonds is 10. The van der Waals surface area contributed by atoms with Gasteiger partial charge in [0.25, 0.3) is 0 Å². The van der Waals surface area contributed by atoms with Gasteiger partial charge >= 0.3 is 0 Å². The molecule has 0 heterocycles. The maximum absolute atomic E-state index is 5.81. The highest BCUT2D eigenvalue weighted by molar-refractivity contribution is 5.33. The van der Waals surface area contributed by atoms with Crippen molar-refractivity contribution in [3.05, 3.63) is 78.4 Å². The van der Waals surface area contributed by atoms with Gasteiger partial charge in [-0.05, 0) is 25.7 Å². The largest absolute Gasteiger partial charge is 0.489 e. The summed E-state index contributed by atoms with van der Waals surface area (Å²) in [6.45, 7) is 8.11. The molecule has 2 aromatic rings. The minimum absolute atomic E-state index is 0.535. The van der Waals surface area contributed by atoms with E-state index in [1.165, 1.54) is 11.1 Å². The van der Waals surface area contributed by atoms with Gasteiger partial charge in [-0.15, -0.1) is 0 Å². The minimum atomic E-state index is 0.535. The van der Waals surface area contributed by atoms with Crippen LogP contribution in [0.4, 0.5) is 0 Å². The molecule has 0 saturated carbocycles. The van der Waals surface area contributed by atoms with Crippen LogP contribution in [0.3, 0.4) is 0 Å². The van der Waals surface area contributed by atoms with E-state index in [-0.39, 0.29) is 0 Å². The zero-order valence-corrected chi connectivity index (χ0v) is 14.8. The van der Waals surface area contributed by atoms with E-state index in [1.807, 2.05) is 12.1 Å². The van der Waals surface area contributed by atoms with Crippen molar-refractivity contribution < 1.29 is 4.74 Å². The summed E-state index contributed by atoms with van der Waals surface area (Å²) in [6.07, 6.45) is 1.78. The van der Waals surface area contributed by atoms with Crippen LogP contribution in [0, 0.1) is 0 Å². The van der Waals surface area contributed by atoms with Crippen LogP contribution in [0.25, 0.3) is 0 Å². The average Bonchev–Trinajstić information content (AvgIpc) is 2.60. The van der Waals surface area contributed by atoms with Crippen LogP contribution in [0.2, 0.25) is 0 Å². The van der Waals surface area contributed by atoms with Crippen molar-refractivity contribution in [1.29, 1.82) is 0 Å². The van der Waals surface area contributed by atoms with Crippen LogP contribution in [0.1, 0.15) is 11.1 Å². The molecule has 2 rings (SSSR count). The van der Waals surface area contributed by atoms with Crippen molar-refractivity contribution in [2.45, 2.75) is 13.1 Å². The smallest absolute Gasteiger partial charge is 0.124 e. The summed E-state index contributed by atoms with van der Waals surface area (Å²) in [5.41, 5.74) is 2.55. The monoisotopic (exact) mass is 324 g/mol. The summed E-state index contributed by atoms with van der Waals surface area (Å²) in [5.74, 6) is 0.945. The standard InChI is InChI=1S/C21H28N2O/c1-4-16-24-21-13-9-8-12-20(21)18-23(15-14-22(2)3)17-19-10-6-5-7-11-19/h4-13H,1,14-18H2,2-3H3. The molecule has 0 spiro atoms. The fraction of sp³-hybridized carbons (Fsp3) is 0.333. The van der Waals surface area contributed by atoms with Crippen molar-refractivity contribution in [2.75, 3.05) is 33.8 Å². The van der Waals surface area contributed by atoms with E-state index in [0.29, 0.717) is 6.61 Å². The highest BCUT2D eigenvalue weighted by atomic mass is 16.5. The van der Waals surface area contributed by atoms with Crippen LogP contribution in [0.5, 0.6) is 5.75 Å². The zero-order chi connectivity index (χ0) is 17.2. The Balaban J connectivity index is 2.10. The number of nitrogens with zero attached hydrogens (tertiary/aromatic N) is 2. The van der Waals surface area contributed by atoms with E-state index < -0.39 is 0 Å². The molecule has 0 atom stereocenters. The fourth-order valence-electron chi connectivity index (χ4n) is 2.56. The van der Waals surface area contributed by atoms with Gasteiger partial charge in [0, 0.05) is 31.7 Å². The van der Waals surface area contributed by atoms with Gasteiger partial charge in [0.15, 0.2) is 0 Å². The lowest BCUT2D eigenvalue weighted by atomic mass is 10.1. The van der Waals surface area contributed by atoms with Crippen molar-refractivity contribution in [3.8, 4) is 5.75 Å². The summed E-state index contributed by atoms with van der Waals surface area (Å²) in [4.78, 5) is 4.68. The summed E-state index contributed by atoms with van der Waals surface area (Å²) >= 11 is 0. The lowest BCUT2D eigenvalue weighted by Gasteiger charge is -2.25. The van der Waals surface area contributed by atoms with Crippen LogP contribution in [0.15, 0.2) is 67.3 Å². The van der Waals surface area contributed by atoms with Gasteiger partial charge in [-0.2, -0.15) is 0 Å². The number of hydrogen-bond donors (Lipinski definition) is 0. The molecule has 0 bridgehead atoms. The molecule has 3 heteroatoms. The Hall–Kier alpha value is -2.10. The number of para-hydroxylation sites is 1. The Morgan fingerprint density at radius 3 is 2.33 bits per heavy atom. The van der Waals surface area contributed by atoms with E-state index in [0.717, 1.165) is 31.9 Å². The number of ether oxygens (including phenoxy) is 1. The van der Waals surface area contributed by atoms with E-state index in [2.05, 4.69) is 72.9 Å². The molecule has 24 heavy (non-hydrogen) atoms. The molecule has 0 N–H and O–H groups in total. The Morgan fingerprint density at radius 2 is 1.62 bits per heavy atom. The first-order chi connectivity index (χ1) is 11.7. The fourth-order valence-corrected chi connectivity index (χ4v) is 2.56. The second kappa shape index (κ2) is 9.91. The normalized spacial score (nSPS) is 11.0. The second-order valence-electron chi connectivity index (χ2n) is 6.21. The van der Waals surface area contributed by atoms with Crippen LogP contribution in [-0.2, 0) is 13.1 Å². The van der Waals surface area contributed by atoms with E-state index >= 15 is 0 Å². The molecule has 0 radical (unpaired) electrons. The highest BCUT2D eigenvalue weighted by Crippen LogP contribution is 2.21. The van der Waals surface area contributed by atoms with Gasteiger partial charge in [-0.1, -0.05) is 61.2 Å². The molecule has 3 nitrogen and oxygen atoms in total. The van der Waals surface area contributed by atoms with Crippen LogP contribution in [-0.4, -0.2) is 43.6 Å². The minimum Gasteiger partial charge on any atom is -0.489 e. The van der Waals surface area contributed by atoms with Gasteiger partial charge < -0.3 is 9.64 Å². The predicted octanol–water partition coefficient (Wildman–Crippen LogP) is 3.82. The topological polar surface area (TPSA) is 15.7 Å². The van der Waals surface area contributed by atoms with Gasteiger partial charge in [0.05, 0.1) is 0 Å². The molecule has 2 aromatic carbocycles. The quantitative estimate of drug-likeness (QED) is 0.618. The van der Waals surface area contributed by atoms with Gasteiger partial charge in [-0.25, -0.2) is 0 Å². The number of likely N-dealkylation sites (N-methyl/N-ethyl adjacent to an activating group) is 1. The van der Waals surface area contributed by atoms with Crippen molar-refractivity contribution >= 4 is 0 Å². The summed E-state index contributed by atoms with van der Waals surface area (Å²) in [6, 6.07) is 18.9. The van der Waals surface area contributed by atoms with Crippen LogP contribution < -0.4 is 4.74 Å². The second-order valence-corrected chi connectivity index (χ2v) is 6.21. The molecular weight excluding hydrogens is 296 g/mol. The Kier molecular flexibility index (Phi) is 7.53. The van der Waals surface area contributed by atoms with Crippen molar-refractivity contribution in [3.63, 3.8) is 0 Å². The third-order valence-corrected chi connectivity index (χ3v) is 3.84. The maximum Gasteiger partial charge on any atom is 0.124 e. The SMILES string of the molecule is C=CCOc1ccccc1CN(CCN(C)C)Cc1ccccc1. The first kappa shape index (κ1) is 18.2. The van der Waals surface area contributed by atoms with Gasteiger partial charge in [0.1, 0.15) is 12.4 Å². The molecular formula is C21H28N2O. The Morgan fingerprint density at radius 1 is 0.917 bits per heavy atom. The Labute approximate surface area is 146 Å². The van der Waals surface area contributed by atoms with Crippen molar-refractivity contribution in [2.24, 2.45) is 0 Å². The van der Waals surface area contributed by atoms with E-state index in [1.54, 1.807) is 6.08 Å². The first-order valence-electron chi connectivity index (χ1n) is 8.41. The van der Waals surface area contributed by atoms with Crippen LogP contribution >= 0.6 is 0 Å². The third-order valence-electron chi connectivity index (χ3n) is 3.84. The van der Waals surface area contributed by atoms with E-state index in [9.17, 15) is 0 Å². The molecule has 128 valence electrons. The van der Waals surface area contributed by atoms with E-state index in [4.69, 9.17) is 4.74 Å². The molecule has 0 aliphatic heterocycles. The van der Waals surface area contributed by atoms with Crippen molar-refractivity contribution in [1.82, 2.24) is 9.80 Å². The van der Waals surface area contributed by atoms with Gasteiger partial charge in [0.2, 0.25) is 0 Å². The zero-order valence-electron chi connectivity index (χ0n) is 14.8. The summed E-state index contributed by atoms with van der Waals surface area (Å²) in [7, 11) is 4.23. The molecule has 0 fully saturated rings. The molecule has 0 aliphatic rings. The van der Waals surface area contributed by atoms with Gasteiger partial charge in [-0.3, -0.25) is 4.90 Å². The highest BCUT2D eigenvalue weighted by Gasteiger charge is 2.11. The lowest BCUT2D eigenvalue weighted by molar-refractivity contribution is 0.222. The molecule has 0 aliphatic carbocycles.